The van der Waals surface area contributed by atoms with Crippen LogP contribution in [0.3, 0.4) is 0 Å². The third kappa shape index (κ3) is 2.06. The lowest BCUT2D eigenvalue weighted by atomic mass is 10.3. The van der Waals surface area contributed by atoms with Gasteiger partial charge in [0, 0.05) is 11.6 Å². The number of aromatic nitrogens is 1. The van der Waals surface area contributed by atoms with Crippen molar-refractivity contribution >= 4 is 28.4 Å². The Morgan fingerprint density at radius 3 is 2.55 bits per heavy atom. The lowest BCUT2D eigenvalue weighted by molar-refractivity contribution is 0.108. The predicted octanol–water partition coefficient (Wildman–Crippen LogP) is 1.41. The maximum atomic E-state index is 10.7. The average Bonchev–Trinajstić information content (AvgIpc) is 1.85. The molecule has 1 aromatic rings. The van der Waals surface area contributed by atoms with E-state index in [-0.39, 0.29) is 10.7 Å². The first kappa shape index (κ1) is 8.30. The first-order valence-corrected chi connectivity index (χ1v) is 3.45. The minimum Gasteiger partial charge on any atom is -0.313 e. The Morgan fingerprint density at radius 2 is 2.09 bits per heavy atom. The number of hydrogen-bond donors (Lipinski definition) is 1. The molecule has 0 aromatic carbocycles. The lowest BCUT2D eigenvalue weighted by Gasteiger charge is -1.92. The molecule has 0 unspecified atom stereocenters. The zero-order valence-corrected chi connectivity index (χ0v) is 6.74. The van der Waals surface area contributed by atoms with Gasteiger partial charge in [-0.25, -0.2) is 0 Å². The minimum absolute atomic E-state index is 0.0976. The Balaban J connectivity index is 3.30. The van der Waals surface area contributed by atoms with Crippen LogP contribution in [-0.2, 0) is 0 Å². The van der Waals surface area contributed by atoms with E-state index in [2.05, 4.69) is 4.98 Å². The molecule has 1 aromatic heterocycles. The highest BCUT2D eigenvalue weighted by Gasteiger charge is 2.02. The van der Waals surface area contributed by atoms with Crippen molar-refractivity contribution in [3.8, 4) is 0 Å². The topological polar surface area (TPSA) is 49.9 Å². The first-order valence-electron chi connectivity index (χ1n) is 2.69. The van der Waals surface area contributed by atoms with Gasteiger partial charge in [0.15, 0.2) is 0 Å². The van der Waals surface area contributed by atoms with Crippen molar-refractivity contribution in [2.45, 2.75) is 0 Å². The Kier molecular flexibility index (Phi) is 2.31. The van der Waals surface area contributed by atoms with Gasteiger partial charge in [-0.05, 0) is 17.7 Å². The molecule has 0 aliphatic rings. The molecule has 1 rings (SSSR count). The van der Waals surface area contributed by atoms with Gasteiger partial charge in [-0.15, -0.1) is 0 Å². The van der Waals surface area contributed by atoms with Crippen molar-refractivity contribution in [2.75, 3.05) is 0 Å². The number of aromatic amines is 1. The van der Waals surface area contributed by atoms with E-state index >= 15 is 0 Å². The molecular formula is C6H3Cl2NO2. The molecule has 0 amide bonds. The van der Waals surface area contributed by atoms with E-state index in [0.29, 0.717) is 0 Å². The third-order valence-electron chi connectivity index (χ3n) is 1.04. The summed E-state index contributed by atoms with van der Waals surface area (Å²) < 4.78 is 0. The van der Waals surface area contributed by atoms with E-state index in [1.807, 2.05) is 0 Å². The quantitative estimate of drug-likeness (QED) is 0.540. The molecule has 1 heterocycles. The summed E-state index contributed by atoms with van der Waals surface area (Å²) in [5.74, 6) is 0. The van der Waals surface area contributed by atoms with Crippen LogP contribution in [0.1, 0.15) is 10.4 Å². The highest BCUT2D eigenvalue weighted by molar-refractivity contribution is 6.67. The highest BCUT2D eigenvalue weighted by Crippen LogP contribution is 2.06. The second kappa shape index (κ2) is 3.07. The van der Waals surface area contributed by atoms with Crippen molar-refractivity contribution in [1.82, 2.24) is 4.98 Å². The molecule has 11 heavy (non-hydrogen) atoms. The van der Waals surface area contributed by atoms with Crippen molar-refractivity contribution in [2.24, 2.45) is 0 Å². The van der Waals surface area contributed by atoms with E-state index in [0.717, 1.165) is 6.07 Å². The molecule has 0 aliphatic heterocycles. The van der Waals surface area contributed by atoms with Gasteiger partial charge in [-0.3, -0.25) is 9.59 Å². The van der Waals surface area contributed by atoms with Gasteiger partial charge in [0.05, 0.1) is 0 Å². The summed E-state index contributed by atoms with van der Waals surface area (Å²) in [7, 11) is 0. The third-order valence-corrected chi connectivity index (χ3v) is 1.46. The summed E-state index contributed by atoms with van der Waals surface area (Å²) in [6.45, 7) is 0. The Hall–Kier alpha value is -0.800. The fourth-order valence-electron chi connectivity index (χ4n) is 0.623. The van der Waals surface area contributed by atoms with E-state index in [9.17, 15) is 9.59 Å². The Labute approximate surface area is 71.9 Å². The highest BCUT2D eigenvalue weighted by atomic mass is 35.5. The molecule has 0 spiro atoms. The minimum atomic E-state index is -0.696. The monoisotopic (exact) mass is 191 g/mol. The van der Waals surface area contributed by atoms with Crippen LogP contribution in [0, 0.1) is 0 Å². The zero-order chi connectivity index (χ0) is 8.43. The van der Waals surface area contributed by atoms with Crippen molar-refractivity contribution in [3.05, 3.63) is 33.2 Å². The maximum absolute atomic E-state index is 10.7. The predicted molar refractivity (Wildman–Crippen MR) is 42.3 cm³/mol. The summed E-state index contributed by atoms with van der Waals surface area (Å²) in [4.78, 5) is 23.4. The fourth-order valence-corrected chi connectivity index (χ4v) is 0.943. The fraction of sp³-hybridized carbons (Fsp3) is 0. The number of carbonyl (C=O) groups excluding carboxylic acids is 1. The van der Waals surface area contributed by atoms with E-state index < -0.39 is 10.8 Å². The number of H-pyrrole nitrogens is 1. The molecule has 0 saturated heterocycles. The largest absolute Gasteiger partial charge is 0.313 e. The van der Waals surface area contributed by atoms with Gasteiger partial charge in [0.25, 0.3) is 5.24 Å². The van der Waals surface area contributed by atoms with Gasteiger partial charge >= 0.3 is 0 Å². The lowest BCUT2D eigenvalue weighted by Crippen LogP contribution is -2.06. The number of nitrogens with one attached hydrogen (secondary N) is 1. The molecule has 5 heteroatoms. The number of halogens is 2. The van der Waals surface area contributed by atoms with Crippen LogP contribution >= 0.6 is 23.2 Å². The number of rotatable bonds is 1. The number of hydrogen-bond acceptors (Lipinski definition) is 2. The normalized spacial score (nSPS) is 9.64. The van der Waals surface area contributed by atoms with Crippen molar-refractivity contribution in [1.29, 1.82) is 0 Å². The van der Waals surface area contributed by atoms with Crippen LogP contribution in [0.15, 0.2) is 16.9 Å². The molecule has 0 aliphatic carbocycles. The van der Waals surface area contributed by atoms with Gasteiger partial charge in [-0.1, -0.05) is 11.6 Å². The molecule has 0 atom stereocenters. The second-order valence-electron chi connectivity index (χ2n) is 1.85. The van der Waals surface area contributed by atoms with Crippen LogP contribution in [-0.4, -0.2) is 10.2 Å². The zero-order valence-electron chi connectivity index (χ0n) is 5.23. The summed E-state index contributed by atoms with van der Waals surface area (Å²) in [6.07, 6.45) is 0. The molecule has 3 nitrogen and oxygen atoms in total. The average molecular weight is 192 g/mol. The molecule has 1 N–H and O–H groups in total. The van der Waals surface area contributed by atoms with Gasteiger partial charge in [0.1, 0.15) is 5.15 Å². The van der Waals surface area contributed by atoms with E-state index in [1.165, 1.54) is 6.07 Å². The Morgan fingerprint density at radius 1 is 1.45 bits per heavy atom. The van der Waals surface area contributed by atoms with Gasteiger partial charge in [-0.2, -0.15) is 0 Å². The summed E-state index contributed by atoms with van der Waals surface area (Å²) >= 11 is 10.5. The standard InChI is InChI=1S/C6H3Cl2NO2/c7-4-1-3(6(8)11)2-5(10)9-4/h1-2H,(H,9,10). The number of carbonyl (C=O) groups is 1. The van der Waals surface area contributed by atoms with Crippen molar-refractivity contribution < 1.29 is 4.79 Å². The Bertz CT molecular complexity index is 345. The summed E-state index contributed by atoms with van der Waals surface area (Å²) in [5.41, 5.74) is -0.345. The molecule has 58 valence electrons. The molecule has 0 saturated carbocycles. The van der Waals surface area contributed by atoms with E-state index in [4.69, 9.17) is 23.2 Å². The van der Waals surface area contributed by atoms with Crippen LogP contribution in [0.2, 0.25) is 5.15 Å². The second-order valence-corrected chi connectivity index (χ2v) is 2.61. The van der Waals surface area contributed by atoms with Crippen molar-refractivity contribution in [3.63, 3.8) is 0 Å². The van der Waals surface area contributed by atoms with E-state index in [1.54, 1.807) is 0 Å². The van der Waals surface area contributed by atoms with Crippen LogP contribution in [0.5, 0.6) is 0 Å². The SMILES string of the molecule is O=C(Cl)c1cc(Cl)[nH]c(=O)c1. The molecule has 0 fully saturated rings. The van der Waals surface area contributed by atoms with Gasteiger partial charge in [0.2, 0.25) is 5.56 Å². The van der Waals surface area contributed by atoms with Crippen LogP contribution in [0.25, 0.3) is 0 Å². The summed E-state index contributed by atoms with van der Waals surface area (Å²) in [5, 5.41) is -0.598. The molecule has 0 radical (unpaired) electrons. The number of pyridine rings is 1. The van der Waals surface area contributed by atoms with Crippen LogP contribution < -0.4 is 5.56 Å². The first-order chi connectivity index (χ1) is 5.09. The summed E-state index contributed by atoms with van der Waals surface area (Å²) in [6, 6.07) is 2.37. The van der Waals surface area contributed by atoms with Gasteiger partial charge < -0.3 is 4.98 Å². The maximum Gasteiger partial charge on any atom is 0.252 e. The molecule has 0 bridgehead atoms. The smallest absolute Gasteiger partial charge is 0.252 e. The molecular weight excluding hydrogens is 189 g/mol. The van der Waals surface area contributed by atoms with Crippen LogP contribution in [0.4, 0.5) is 0 Å².